The van der Waals surface area contributed by atoms with Crippen LogP contribution in [0.25, 0.3) is 0 Å². The van der Waals surface area contributed by atoms with Gasteiger partial charge in [-0.2, -0.15) is 0 Å². The molecule has 0 fully saturated rings. The quantitative estimate of drug-likeness (QED) is 0.661. The van der Waals surface area contributed by atoms with Crippen molar-refractivity contribution in [2.75, 3.05) is 13.2 Å². The highest BCUT2D eigenvalue weighted by Crippen LogP contribution is 2.10. The van der Waals surface area contributed by atoms with Gasteiger partial charge in [0.05, 0.1) is 6.10 Å². The van der Waals surface area contributed by atoms with Crippen molar-refractivity contribution in [2.45, 2.75) is 53.2 Å². The van der Waals surface area contributed by atoms with E-state index in [2.05, 4.69) is 39.9 Å². The Morgan fingerprint density at radius 3 is 2.15 bits per heavy atom. The number of hydrogen-bond acceptors (Lipinski definition) is 2. The Morgan fingerprint density at radius 2 is 1.77 bits per heavy atom. The van der Waals surface area contributed by atoms with Gasteiger partial charge in [0.2, 0.25) is 0 Å². The topological polar surface area (TPSA) is 21.3 Å². The highest BCUT2D eigenvalue weighted by atomic mass is 16.5. The van der Waals surface area contributed by atoms with Crippen LogP contribution in [0.5, 0.6) is 0 Å². The maximum atomic E-state index is 5.70. The minimum Gasteiger partial charge on any atom is -0.377 e. The van der Waals surface area contributed by atoms with Crippen LogP contribution in [-0.4, -0.2) is 25.3 Å². The Kier molecular flexibility index (Phi) is 7.29. The molecule has 0 aliphatic heterocycles. The van der Waals surface area contributed by atoms with Gasteiger partial charge < -0.3 is 10.1 Å². The van der Waals surface area contributed by atoms with E-state index in [1.54, 1.807) is 0 Å². The predicted molar refractivity (Wildman–Crippen MR) is 58.0 cm³/mol. The molecule has 0 aliphatic carbocycles. The lowest BCUT2D eigenvalue weighted by atomic mass is 10.0. The molecule has 2 unspecified atom stereocenters. The highest BCUT2D eigenvalue weighted by molar-refractivity contribution is 4.75. The summed E-state index contributed by atoms with van der Waals surface area (Å²) < 4.78 is 5.70. The standard InChI is InChI=1S/C11H25NO/c1-6-8-12-10(5)11(9(3)4)13-7-2/h9-12H,6-8H2,1-5H3. The number of ether oxygens (including phenoxy) is 1. The van der Waals surface area contributed by atoms with Crippen LogP contribution in [0.1, 0.15) is 41.0 Å². The molecular formula is C11H25NO. The fourth-order valence-corrected chi connectivity index (χ4v) is 1.59. The van der Waals surface area contributed by atoms with Crippen LogP contribution in [0.3, 0.4) is 0 Å². The zero-order chi connectivity index (χ0) is 10.3. The summed E-state index contributed by atoms with van der Waals surface area (Å²) in [5, 5.41) is 3.47. The van der Waals surface area contributed by atoms with Gasteiger partial charge in [0, 0.05) is 12.6 Å². The van der Waals surface area contributed by atoms with E-state index in [-0.39, 0.29) is 0 Å². The van der Waals surface area contributed by atoms with E-state index in [0.29, 0.717) is 18.1 Å². The fourth-order valence-electron chi connectivity index (χ4n) is 1.59. The molecule has 0 bridgehead atoms. The minimum atomic E-state index is 0.344. The summed E-state index contributed by atoms with van der Waals surface area (Å²) in [5.74, 6) is 0.583. The lowest BCUT2D eigenvalue weighted by molar-refractivity contribution is 0.00799. The van der Waals surface area contributed by atoms with E-state index in [4.69, 9.17) is 4.74 Å². The minimum absolute atomic E-state index is 0.344. The molecule has 13 heavy (non-hydrogen) atoms. The summed E-state index contributed by atoms with van der Waals surface area (Å²) in [4.78, 5) is 0. The SMILES string of the molecule is CCCNC(C)C(OCC)C(C)C. The lowest BCUT2D eigenvalue weighted by Gasteiger charge is -2.28. The van der Waals surface area contributed by atoms with Crippen molar-refractivity contribution < 1.29 is 4.74 Å². The normalized spacial score (nSPS) is 16.2. The van der Waals surface area contributed by atoms with E-state index < -0.39 is 0 Å². The van der Waals surface area contributed by atoms with E-state index in [9.17, 15) is 0 Å². The molecule has 2 heteroatoms. The van der Waals surface area contributed by atoms with Crippen molar-refractivity contribution in [1.29, 1.82) is 0 Å². The summed E-state index contributed by atoms with van der Waals surface area (Å²) in [7, 11) is 0. The van der Waals surface area contributed by atoms with Gasteiger partial charge in [-0.3, -0.25) is 0 Å². The molecule has 2 atom stereocenters. The van der Waals surface area contributed by atoms with Crippen molar-refractivity contribution >= 4 is 0 Å². The smallest absolute Gasteiger partial charge is 0.0747 e. The first-order chi connectivity index (χ1) is 6.13. The second kappa shape index (κ2) is 7.34. The average molecular weight is 187 g/mol. The van der Waals surface area contributed by atoms with Crippen molar-refractivity contribution in [3.05, 3.63) is 0 Å². The van der Waals surface area contributed by atoms with Gasteiger partial charge in [0.1, 0.15) is 0 Å². The van der Waals surface area contributed by atoms with Gasteiger partial charge >= 0.3 is 0 Å². The van der Waals surface area contributed by atoms with E-state index >= 15 is 0 Å². The third-order valence-corrected chi connectivity index (χ3v) is 2.23. The monoisotopic (exact) mass is 187 g/mol. The Hall–Kier alpha value is -0.0800. The molecule has 80 valence electrons. The van der Waals surface area contributed by atoms with E-state index in [0.717, 1.165) is 13.2 Å². The molecule has 0 aromatic carbocycles. The van der Waals surface area contributed by atoms with Gasteiger partial charge in [-0.15, -0.1) is 0 Å². The molecule has 0 spiro atoms. The molecule has 0 rings (SSSR count). The molecule has 0 saturated heterocycles. The molecular weight excluding hydrogens is 162 g/mol. The number of hydrogen-bond donors (Lipinski definition) is 1. The Bertz CT molecular complexity index is 115. The zero-order valence-electron chi connectivity index (χ0n) is 9.76. The summed E-state index contributed by atoms with van der Waals surface area (Å²) in [6.45, 7) is 12.8. The van der Waals surface area contributed by atoms with Gasteiger partial charge in [-0.1, -0.05) is 20.8 Å². The molecule has 0 radical (unpaired) electrons. The first-order valence-corrected chi connectivity index (χ1v) is 5.48. The summed E-state index contributed by atoms with van der Waals surface area (Å²) in [6.07, 6.45) is 1.53. The van der Waals surface area contributed by atoms with Crippen LogP contribution < -0.4 is 5.32 Å². The highest BCUT2D eigenvalue weighted by Gasteiger charge is 2.19. The van der Waals surface area contributed by atoms with Crippen molar-refractivity contribution in [2.24, 2.45) is 5.92 Å². The second-order valence-corrected chi connectivity index (χ2v) is 3.91. The van der Waals surface area contributed by atoms with E-state index in [1.165, 1.54) is 6.42 Å². The summed E-state index contributed by atoms with van der Waals surface area (Å²) >= 11 is 0. The van der Waals surface area contributed by atoms with Crippen molar-refractivity contribution in [1.82, 2.24) is 5.32 Å². The maximum absolute atomic E-state index is 5.70. The van der Waals surface area contributed by atoms with Gasteiger partial charge in [0.25, 0.3) is 0 Å². The second-order valence-electron chi connectivity index (χ2n) is 3.91. The third-order valence-electron chi connectivity index (χ3n) is 2.23. The Balaban J connectivity index is 3.87. The Labute approximate surface area is 83.1 Å². The molecule has 0 saturated carbocycles. The molecule has 2 nitrogen and oxygen atoms in total. The van der Waals surface area contributed by atoms with Gasteiger partial charge in [0.15, 0.2) is 0 Å². The van der Waals surface area contributed by atoms with Gasteiger partial charge in [-0.05, 0) is 32.7 Å². The van der Waals surface area contributed by atoms with Gasteiger partial charge in [-0.25, -0.2) is 0 Å². The molecule has 0 aliphatic rings. The van der Waals surface area contributed by atoms with Crippen LogP contribution in [0.2, 0.25) is 0 Å². The van der Waals surface area contributed by atoms with Crippen LogP contribution in [-0.2, 0) is 4.74 Å². The van der Waals surface area contributed by atoms with Crippen molar-refractivity contribution in [3.63, 3.8) is 0 Å². The molecule has 0 aromatic rings. The van der Waals surface area contributed by atoms with Crippen molar-refractivity contribution in [3.8, 4) is 0 Å². The molecule has 0 aromatic heterocycles. The Morgan fingerprint density at radius 1 is 1.15 bits per heavy atom. The molecule has 1 N–H and O–H groups in total. The molecule has 0 amide bonds. The lowest BCUT2D eigenvalue weighted by Crippen LogP contribution is -2.42. The van der Waals surface area contributed by atoms with Crippen LogP contribution in [0.15, 0.2) is 0 Å². The summed E-state index contributed by atoms with van der Waals surface area (Å²) in [6, 6.07) is 0.458. The fraction of sp³-hybridized carbons (Fsp3) is 1.00. The number of rotatable bonds is 7. The first kappa shape index (κ1) is 12.9. The largest absolute Gasteiger partial charge is 0.377 e. The number of nitrogens with one attached hydrogen (secondary N) is 1. The van der Waals surface area contributed by atoms with Crippen LogP contribution >= 0.6 is 0 Å². The summed E-state index contributed by atoms with van der Waals surface area (Å²) in [5.41, 5.74) is 0. The van der Waals surface area contributed by atoms with Crippen LogP contribution in [0, 0.1) is 5.92 Å². The predicted octanol–water partition coefficient (Wildman–Crippen LogP) is 2.44. The van der Waals surface area contributed by atoms with Crippen LogP contribution in [0.4, 0.5) is 0 Å². The maximum Gasteiger partial charge on any atom is 0.0747 e. The average Bonchev–Trinajstić information content (AvgIpc) is 2.09. The van der Waals surface area contributed by atoms with E-state index in [1.807, 2.05) is 0 Å². The zero-order valence-corrected chi connectivity index (χ0v) is 9.76. The first-order valence-electron chi connectivity index (χ1n) is 5.48. The molecule has 0 heterocycles. The third kappa shape index (κ3) is 5.27.